The predicted molar refractivity (Wildman–Crippen MR) is 95.5 cm³/mol. The third-order valence-electron chi connectivity index (χ3n) is 3.38. The molecule has 0 saturated carbocycles. The average Bonchev–Trinajstić information content (AvgIpc) is 2.42. The molecule has 2 rings (SSSR count). The van der Waals surface area contributed by atoms with Crippen LogP contribution in [0.5, 0.6) is 0 Å². The summed E-state index contributed by atoms with van der Waals surface area (Å²) in [6.07, 6.45) is 0.952. The van der Waals surface area contributed by atoms with Crippen molar-refractivity contribution in [3.63, 3.8) is 0 Å². The van der Waals surface area contributed by atoms with Gasteiger partial charge in [-0.05, 0) is 71.3 Å². The lowest BCUT2D eigenvalue weighted by Gasteiger charge is -2.21. The molecule has 0 saturated heterocycles. The number of aryl methyl sites for hydroxylation is 1. The second-order valence-electron chi connectivity index (χ2n) is 4.92. The van der Waals surface area contributed by atoms with E-state index in [1.54, 1.807) is 0 Å². The normalized spacial score (nSPS) is 12.4. The second kappa shape index (κ2) is 7.43. The van der Waals surface area contributed by atoms with Crippen molar-refractivity contribution < 1.29 is 0 Å². The van der Waals surface area contributed by atoms with Crippen molar-refractivity contribution in [1.29, 1.82) is 0 Å². The molecule has 1 atom stereocenters. The van der Waals surface area contributed by atoms with Crippen LogP contribution in [0.15, 0.2) is 42.5 Å². The molecule has 1 nitrogen and oxygen atoms in total. The first kappa shape index (κ1) is 15.8. The molecule has 106 valence electrons. The third-order valence-corrected chi connectivity index (χ3v) is 5.09. The largest absolute Gasteiger partial charge is 0.310 e. The highest BCUT2D eigenvalue weighted by atomic mass is 127. The summed E-state index contributed by atoms with van der Waals surface area (Å²) in [6, 6.07) is 15.0. The molecule has 0 aliphatic carbocycles. The lowest BCUT2D eigenvalue weighted by molar-refractivity contribution is 0.547. The van der Waals surface area contributed by atoms with Crippen LogP contribution in [-0.2, 0) is 6.42 Å². The highest BCUT2D eigenvalue weighted by Gasteiger charge is 2.15. The van der Waals surface area contributed by atoms with Gasteiger partial charge in [0.25, 0.3) is 0 Å². The first-order chi connectivity index (χ1) is 9.61. The number of hydrogen-bond acceptors (Lipinski definition) is 1. The first-order valence-electron chi connectivity index (χ1n) is 6.84. The fourth-order valence-corrected chi connectivity index (χ4v) is 3.33. The van der Waals surface area contributed by atoms with Gasteiger partial charge in [-0.25, -0.2) is 0 Å². The Bertz CT molecular complexity index is 583. The van der Waals surface area contributed by atoms with E-state index in [0.717, 1.165) is 18.0 Å². The molecule has 2 aromatic carbocycles. The second-order valence-corrected chi connectivity index (χ2v) is 6.44. The molecule has 2 aromatic rings. The van der Waals surface area contributed by atoms with Gasteiger partial charge in [0.15, 0.2) is 0 Å². The van der Waals surface area contributed by atoms with Crippen LogP contribution in [0.25, 0.3) is 0 Å². The zero-order valence-corrected chi connectivity index (χ0v) is 14.7. The van der Waals surface area contributed by atoms with Crippen molar-refractivity contribution in [3.8, 4) is 0 Å². The Labute approximate surface area is 139 Å². The maximum absolute atomic E-state index is 6.09. The van der Waals surface area contributed by atoms with Crippen molar-refractivity contribution in [2.45, 2.75) is 26.3 Å². The lowest BCUT2D eigenvalue weighted by atomic mass is 9.97. The Hall–Kier alpha value is -0.580. The van der Waals surface area contributed by atoms with Gasteiger partial charge >= 0.3 is 0 Å². The van der Waals surface area contributed by atoms with Gasteiger partial charge in [-0.15, -0.1) is 0 Å². The number of benzene rings is 2. The minimum Gasteiger partial charge on any atom is -0.310 e. The van der Waals surface area contributed by atoms with Crippen LogP contribution < -0.4 is 5.32 Å². The number of likely N-dealkylation sites (N-methyl/N-ethyl adjacent to an activating group) is 1. The average molecular weight is 400 g/mol. The van der Waals surface area contributed by atoms with Crippen molar-refractivity contribution in [1.82, 2.24) is 5.32 Å². The topological polar surface area (TPSA) is 12.0 Å². The van der Waals surface area contributed by atoms with Crippen molar-refractivity contribution in [2.24, 2.45) is 0 Å². The quantitative estimate of drug-likeness (QED) is 0.686. The van der Waals surface area contributed by atoms with Gasteiger partial charge in [-0.2, -0.15) is 0 Å². The van der Waals surface area contributed by atoms with E-state index in [0.29, 0.717) is 6.04 Å². The molecule has 0 bridgehead atoms. The van der Waals surface area contributed by atoms with E-state index in [4.69, 9.17) is 11.6 Å². The van der Waals surface area contributed by atoms with Gasteiger partial charge in [-0.3, -0.25) is 0 Å². The Kier molecular flexibility index (Phi) is 5.87. The van der Waals surface area contributed by atoms with E-state index >= 15 is 0 Å². The van der Waals surface area contributed by atoms with Crippen LogP contribution >= 0.6 is 34.2 Å². The molecule has 1 N–H and O–H groups in total. The fourth-order valence-electron chi connectivity index (χ4n) is 2.38. The minimum atomic E-state index is 0.324. The van der Waals surface area contributed by atoms with Gasteiger partial charge in [-0.1, -0.05) is 48.9 Å². The van der Waals surface area contributed by atoms with Crippen molar-refractivity contribution >= 4 is 34.2 Å². The molecule has 0 radical (unpaired) electrons. The maximum atomic E-state index is 6.09. The predicted octanol–water partition coefficient (Wildman–Crippen LogP) is 5.15. The summed E-state index contributed by atoms with van der Waals surface area (Å²) < 4.78 is 1.35. The SMILES string of the molecule is CCNC(Cc1cccc(Cl)c1)c1cccc(C)c1I. The molecule has 0 fully saturated rings. The highest BCUT2D eigenvalue weighted by Crippen LogP contribution is 2.26. The highest BCUT2D eigenvalue weighted by molar-refractivity contribution is 14.1. The van der Waals surface area contributed by atoms with Gasteiger partial charge in [0, 0.05) is 14.6 Å². The van der Waals surface area contributed by atoms with E-state index in [9.17, 15) is 0 Å². The standard InChI is InChI=1S/C17H19ClIN/c1-3-20-16(11-13-7-5-8-14(18)10-13)15-9-4-6-12(2)17(15)19/h4-10,16,20H,3,11H2,1-2H3. The molecular formula is C17H19ClIN. The molecule has 1 unspecified atom stereocenters. The van der Waals surface area contributed by atoms with Gasteiger partial charge in [0.1, 0.15) is 0 Å². The molecule has 0 aromatic heterocycles. The van der Waals surface area contributed by atoms with Crippen LogP contribution in [0, 0.1) is 10.5 Å². The van der Waals surface area contributed by atoms with E-state index < -0.39 is 0 Å². The molecule has 3 heteroatoms. The summed E-state index contributed by atoms with van der Waals surface area (Å²) in [5.41, 5.74) is 3.96. The summed E-state index contributed by atoms with van der Waals surface area (Å²) in [4.78, 5) is 0. The fraction of sp³-hybridized carbons (Fsp3) is 0.294. The number of halogens is 2. The molecule has 20 heavy (non-hydrogen) atoms. The summed E-state index contributed by atoms with van der Waals surface area (Å²) in [5.74, 6) is 0. The maximum Gasteiger partial charge on any atom is 0.0408 e. The summed E-state index contributed by atoms with van der Waals surface area (Å²) in [5, 5.41) is 4.39. The first-order valence-corrected chi connectivity index (χ1v) is 8.30. The molecule has 0 aliphatic rings. The monoisotopic (exact) mass is 399 g/mol. The number of rotatable bonds is 5. The summed E-state index contributed by atoms with van der Waals surface area (Å²) >= 11 is 8.53. The summed E-state index contributed by atoms with van der Waals surface area (Å²) in [6.45, 7) is 5.26. The molecule has 0 spiro atoms. The lowest BCUT2D eigenvalue weighted by Crippen LogP contribution is -2.24. The van der Waals surface area contributed by atoms with E-state index in [-0.39, 0.29) is 0 Å². The van der Waals surface area contributed by atoms with E-state index in [1.807, 2.05) is 12.1 Å². The Morgan fingerprint density at radius 2 is 1.95 bits per heavy atom. The smallest absolute Gasteiger partial charge is 0.0408 e. The van der Waals surface area contributed by atoms with Gasteiger partial charge in [0.2, 0.25) is 0 Å². The van der Waals surface area contributed by atoms with E-state index in [2.05, 4.69) is 72.1 Å². The van der Waals surface area contributed by atoms with Crippen LogP contribution in [0.4, 0.5) is 0 Å². The van der Waals surface area contributed by atoms with Gasteiger partial charge < -0.3 is 5.32 Å². The zero-order valence-electron chi connectivity index (χ0n) is 11.8. The number of nitrogens with one attached hydrogen (secondary N) is 1. The third kappa shape index (κ3) is 3.96. The van der Waals surface area contributed by atoms with Crippen LogP contribution in [0.2, 0.25) is 5.02 Å². The number of hydrogen-bond donors (Lipinski definition) is 1. The van der Waals surface area contributed by atoms with Crippen molar-refractivity contribution in [3.05, 3.63) is 67.7 Å². The Morgan fingerprint density at radius 3 is 2.65 bits per heavy atom. The van der Waals surface area contributed by atoms with Crippen molar-refractivity contribution in [2.75, 3.05) is 6.54 Å². The van der Waals surface area contributed by atoms with E-state index in [1.165, 1.54) is 20.3 Å². The summed E-state index contributed by atoms with van der Waals surface area (Å²) in [7, 11) is 0. The Balaban J connectivity index is 2.29. The van der Waals surface area contributed by atoms with Crippen LogP contribution in [-0.4, -0.2) is 6.54 Å². The van der Waals surface area contributed by atoms with Crippen LogP contribution in [0.3, 0.4) is 0 Å². The molecular weight excluding hydrogens is 381 g/mol. The Morgan fingerprint density at radius 1 is 1.20 bits per heavy atom. The van der Waals surface area contributed by atoms with Gasteiger partial charge in [0.05, 0.1) is 0 Å². The molecule has 0 heterocycles. The zero-order chi connectivity index (χ0) is 14.5. The molecule has 0 aliphatic heterocycles. The van der Waals surface area contributed by atoms with Crippen LogP contribution in [0.1, 0.15) is 29.7 Å². The molecule has 0 amide bonds. The minimum absolute atomic E-state index is 0.324.